The summed E-state index contributed by atoms with van der Waals surface area (Å²) in [5.41, 5.74) is 0. The maximum absolute atomic E-state index is 5.38. The molecule has 2 unspecified atom stereocenters. The van der Waals surface area contributed by atoms with Crippen LogP contribution in [0.15, 0.2) is 0 Å². The van der Waals surface area contributed by atoms with Gasteiger partial charge >= 0.3 is 0 Å². The summed E-state index contributed by atoms with van der Waals surface area (Å²) < 4.78 is 5.38. The van der Waals surface area contributed by atoms with Gasteiger partial charge in [-0.1, -0.05) is 0 Å². The lowest BCUT2D eigenvalue weighted by atomic mass is 9.92. The van der Waals surface area contributed by atoms with Crippen LogP contribution in [0.1, 0.15) is 0 Å². The first-order chi connectivity index (χ1) is 4.97. The van der Waals surface area contributed by atoms with Crippen LogP contribution in [0.4, 0.5) is 0 Å². The molecule has 2 N–H and O–H groups in total. The van der Waals surface area contributed by atoms with Crippen molar-refractivity contribution in [3.8, 4) is 0 Å². The Kier molecular flexibility index (Phi) is 1.88. The molecule has 0 spiro atoms. The Bertz CT molecular complexity index is 104. The first-order valence-corrected chi connectivity index (χ1v) is 3.98. The van der Waals surface area contributed by atoms with E-state index in [2.05, 4.69) is 10.6 Å². The summed E-state index contributed by atoms with van der Waals surface area (Å²) in [6.45, 7) is 5.13. The van der Waals surface area contributed by atoms with Gasteiger partial charge in [-0.05, 0) is 0 Å². The average molecular weight is 142 g/mol. The predicted octanol–water partition coefficient (Wildman–Crippen LogP) is -0.806. The van der Waals surface area contributed by atoms with Gasteiger partial charge in [0.15, 0.2) is 0 Å². The minimum Gasteiger partial charge on any atom is -0.379 e. The van der Waals surface area contributed by atoms with Crippen LogP contribution in [-0.2, 0) is 4.74 Å². The molecule has 2 aliphatic rings. The van der Waals surface area contributed by atoms with Gasteiger partial charge in [0.2, 0.25) is 0 Å². The zero-order valence-corrected chi connectivity index (χ0v) is 6.10. The van der Waals surface area contributed by atoms with Crippen LogP contribution in [0, 0.1) is 5.92 Å². The molecule has 0 aliphatic carbocycles. The van der Waals surface area contributed by atoms with Gasteiger partial charge < -0.3 is 15.4 Å². The molecule has 3 heteroatoms. The lowest BCUT2D eigenvalue weighted by Gasteiger charge is -2.39. The number of rotatable bonds is 0. The summed E-state index contributed by atoms with van der Waals surface area (Å²) in [5.74, 6) is 0.820. The molecule has 2 atom stereocenters. The van der Waals surface area contributed by atoms with Gasteiger partial charge in [0.25, 0.3) is 0 Å². The van der Waals surface area contributed by atoms with Gasteiger partial charge in [-0.2, -0.15) is 0 Å². The summed E-state index contributed by atoms with van der Waals surface area (Å²) in [7, 11) is 0. The van der Waals surface area contributed by atoms with E-state index in [1.54, 1.807) is 0 Å². The standard InChI is InChI=1S/C7H14N2O/c1-2-10-5-7-6(3-8-1)4-9-7/h6-9H,1-5H2. The van der Waals surface area contributed by atoms with E-state index in [0.717, 1.165) is 25.7 Å². The molecule has 10 heavy (non-hydrogen) atoms. The van der Waals surface area contributed by atoms with Gasteiger partial charge in [0, 0.05) is 31.6 Å². The summed E-state index contributed by atoms with van der Waals surface area (Å²) in [6.07, 6.45) is 0. The van der Waals surface area contributed by atoms with Gasteiger partial charge in [0.1, 0.15) is 0 Å². The van der Waals surface area contributed by atoms with Crippen LogP contribution in [0.3, 0.4) is 0 Å². The predicted molar refractivity (Wildman–Crippen MR) is 39.0 cm³/mol. The molecular weight excluding hydrogens is 128 g/mol. The fourth-order valence-electron chi connectivity index (χ4n) is 1.50. The zero-order valence-electron chi connectivity index (χ0n) is 6.10. The van der Waals surface area contributed by atoms with Crippen LogP contribution in [0.25, 0.3) is 0 Å². The SMILES string of the molecule is C1COCC2NCC2CN1. The molecule has 0 amide bonds. The third kappa shape index (κ3) is 1.17. The van der Waals surface area contributed by atoms with E-state index >= 15 is 0 Å². The van der Waals surface area contributed by atoms with E-state index in [0.29, 0.717) is 6.04 Å². The van der Waals surface area contributed by atoms with Crippen molar-refractivity contribution in [1.82, 2.24) is 10.6 Å². The molecule has 58 valence electrons. The highest BCUT2D eigenvalue weighted by atomic mass is 16.5. The Labute approximate surface area is 61.1 Å². The van der Waals surface area contributed by atoms with E-state index in [1.165, 1.54) is 13.1 Å². The molecule has 0 saturated carbocycles. The van der Waals surface area contributed by atoms with Crippen molar-refractivity contribution in [1.29, 1.82) is 0 Å². The molecule has 0 aromatic rings. The fourth-order valence-corrected chi connectivity index (χ4v) is 1.50. The monoisotopic (exact) mass is 142 g/mol. The van der Waals surface area contributed by atoms with Crippen LogP contribution < -0.4 is 10.6 Å². The zero-order chi connectivity index (χ0) is 6.81. The molecule has 0 aromatic carbocycles. The highest BCUT2D eigenvalue weighted by molar-refractivity contribution is 4.89. The van der Waals surface area contributed by atoms with Crippen LogP contribution in [0.2, 0.25) is 0 Å². The normalized spacial score (nSPS) is 40.8. The van der Waals surface area contributed by atoms with Crippen molar-refractivity contribution >= 4 is 0 Å². The van der Waals surface area contributed by atoms with Crippen LogP contribution in [-0.4, -0.2) is 38.9 Å². The van der Waals surface area contributed by atoms with E-state index in [9.17, 15) is 0 Å². The van der Waals surface area contributed by atoms with Crippen LogP contribution >= 0.6 is 0 Å². The van der Waals surface area contributed by atoms with Crippen LogP contribution in [0.5, 0.6) is 0 Å². The Hall–Kier alpha value is -0.120. The van der Waals surface area contributed by atoms with Crippen molar-refractivity contribution in [3.05, 3.63) is 0 Å². The maximum atomic E-state index is 5.38. The lowest BCUT2D eigenvalue weighted by Crippen LogP contribution is -2.59. The molecule has 0 bridgehead atoms. The second kappa shape index (κ2) is 2.86. The Morgan fingerprint density at radius 1 is 1.30 bits per heavy atom. The topological polar surface area (TPSA) is 33.3 Å². The summed E-state index contributed by atoms with van der Waals surface area (Å²) in [5, 5.41) is 6.70. The van der Waals surface area contributed by atoms with E-state index in [4.69, 9.17) is 4.74 Å². The number of ether oxygens (including phenoxy) is 1. The molecule has 2 heterocycles. The van der Waals surface area contributed by atoms with Crippen molar-refractivity contribution in [2.75, 3.05) is 32.8 Å². The van der Waals surface area contributed by atoms with Gasteiger partial charge in [-0.3, -0.25) is 0 Å². The second-order valence-electron chi connectivity index (χ2n) is 3.05. The number of hydrogen-bond donors (Lipinski definition) is 2. The average Bonchev–Trinajstić information content (AvgIpc) is 1.89. The van der Waals surface area contributed by atoms with Crippen molar-refractivity contribution in [2.45, 2.75) is 6.04 Å². The third-order valence-corrected chi connectivity index (χ3v) is 2.34. The van der Waals surface area contributed by atoms with E-state index < -0.39 is 0 Å². The van der Waals surface area contributed by atoms with Crippen molar-refractivity contribution in [2.24, 2.45) is 5.92 Å². The highest BCUT2D eigenvalue weighted by Crippen LogP contribution is 2.13. The number of hydrogen-bond acceptors (Lipinski definition) is 3. The smallest absolute Gasteiger partial charge is 0.0623 e. The highest BCUT2D eigenvalue weighted by Gasteiger charge is 2.30. The largest absolute Gasteiger partial charge is 0.379 e. The molecule has 0 aromatic heterocycles. The molecule has 2 fully saturated rings. The molecule has 0 radical (unpaired) electrons. The molecule has 2 rings (SSSR count). The first kappa shape index (κ1) is 6.58. The quantitative estimate of drug-likeness (QED) is 0.464. The molecule has 3 nitrogen and oxygen atoms in total. The lowest BCUT2D eigenvalue weighted by molar-refractivity contribution is 0.0478. The maximum Gasteiger partial charge on any atom is 0.0623 e. The fraction of sp³-hybridized carbons (Fsp3) is 1.00. The second-order valence-corrected chi connectivity index (χ2v) is 3.05. The minimum atomic E-state index is 0.632. The summed E-state index contributed by atoms with van der Waals surface area (Å²) >= 11 is 0. The number of nitrogens with one attached hydrogen (secondary N) is 2. The number of fused-ring (bicyclic) bond motifs is 1. The summed E-state index contributed by atoms with van der Waals surface area (Å²) in [4.78, 5) is 0. The Balaban J connectivity index is 1.83. The molecular formula is C7H14N2O. The van der Waals surface area contributed by atoms with Gasteiger partial charge in [-0.15, -0.1) is 0 Å². The molecule has 2 aliphatic heterocycles. The first-order valence-electron chi connectivity index (χ1n) is 3.98. The van der Waals surface area contributed by atoms with E-state index in [1.807, 2.05) is 0 Å². The van der Waals surface area contributed by atoms with Gasteiger partial charge in [-0.25, -0.2) is 0 Å². The Morgan fingerprint density at radius 3 is 3.10 bits per heavy atom. The minimum absolute atomic E-state index is 0.632. The summed E-state index contributed by atoms with van der Waals surface area (Å²) in [6, 6.07) is 0.632. The molecule has 2 saturated heterocycles. The third-order valence-electron chi connectivity index (χ3n) is 2.34. The Morgan fingerprint density at radius 2 is 2.30 bits per heavy atom. The van der Waals surface area contributed by atoms with Crippen molar-refractivity contribution < 1.29 is 4.74 Å². The van der Waals surface area contributed by atoms with Gasteiger partial charge in [0.05, 0.1) is 13.2 Å². The van der Waals surface area contributed by atoms with Crippen molar-refractivity contribution in [3.63, 3.8) is 0 Å². The van der Waals surface area contributed by atoms with E-state index in [-0.39, 0.29) is 0 Å².